The molecule has 4 N–H and O–H groups in total. The summed E-state index contributed by atoms with van der Waals surface area (Å²) in [5.41, 5.74) is 7.76. The van der Waals surface area contributed by atoms with Gasteiger partial charge in [0.05, 0.1) is 4.90 Å². The van der Waals surface area contributed by atoms with Crippen molar-refractivity contribution < 1.29 is 13.2 Å². The lowest BCUT2D eigenvalue weighted by molar-refractivity contribution is -0.120. The van der Waals surface area contributed by atoms with Crippen LogP contribution < -0.4 is 15.8 Å². The highest BCUT2D eigenvalue weighted by Gasteiger charge is 2.17. The Morgan fingerprint density at radius 3 is 2.58 bits per heavy atom. The van der Waals surface area contributed by atoms with Gasteiger partial charge in [-0.3, -0.25) is 4.79 Å². The van der Waals surface area contributed by atoms with Crippen molar-refractivity contribution >= 4 is 15.9 Å². The Labute approximate surface area is 144 Å². The third kappa shape index (κ3) is 5.58. The number of hydrogen-bond donors (Lipinski definition) is 3. The van der Waals surface area contributed by atoms with E-state index in [0.717, 1.165) is 44.1 Å². The zero-order valence-electron chi connectivity index (χ0n) is 14.0. The van der Waals surface area contributed by atoms with Crippen molar-refractivity contribution in [2.45, 2.75) is 49.8 Å². The highest BCUT2D eigenvalue weighted by molar-refractivity contribution is 7.89. The van der Waals surface area contributed by atoms with E-state index in [2.05, 4.69) is 10.0 Å². The van der Waals surface area contributed by atoms with Crippen LogP contribution in [0.2, 0.25) is 0 Å². The third-order valence-corrected chi connectivity index (χ3v) is 5.69. The Morgan fingerprint density at radius 1 is 1.08 bits per heavy atom. The molecule has 0 bridgehead atoms. The molecular weight excluding hydrogens is 326 g/mol. The Morgan fingerprint density at radius 2 is 1.83 bits per heavy atom. The van der Waals surface area contributed by atoms with E-state index in [9.17, 15) is 13.2 Å². The van der Waals surface area contributed by atoms with Crippen LogP contribution in [0.1, 0.15) is 43.2 Å². The SMILES string of the molecule is NCCCCNC(=O)CCNS(=O)(=O)c1ccc2c(c1)CCCC2. The van der Waals surface area contributed by atoms with E-state index >= 15 is 0 Å². The van der Waals surface area contributed by atoms with E-state index in [4.69, 9.17) is 5.73 Å². The van der Waals surface area contributed by atoms with Crippen LogP contribution in [0.15, 0.2) is 23.1 Å². The lowest BCUT2D eigenvalue weighted by atomic mass is 9.92. The van der Waals surface area contributed by atoms with Crippen LogP contribution in [-0.2, 0) is 27.7 Å². The summed E-state index contributed by atoms with van der Waals surface area (Å²) >= 11 is 0. The normalized spacial score (nSPS) is 14.2. The second-order valence-electron chi connectivity index (χ2n) is 6.13. The maximum absolute atomic E-state index is 12.3. The number of rotatable bonds is 9. The van der Waals surface area contributed by atoms with Crippen molar-refractivity contribution in [2.24, 2.45) is 5.73 Å². The van der Waals surface area contributed by atoms with Gasteiger partial charge in [-0.25, -0.2) is 13.1 Å². The van der Waals surface area contributed by atoms with Gasteiger partial charge < -0.3 is 11.1 Å². The number of carbonyl (C=O) groups is 1. The molecule has 0 spiro atoms. The molecular formula is C17H27N3O3S. The summed E-state index contributed by atoms with van der Waals surface area (Å²) in [6.07, 6.45) is 6.06. The molecule has 134 valence electrons. The van der Waals surface area contributed by atoms with Crippen LogP contribution in [0.4, 0.5) is 0 Å². The number of amides is 1. The molecule has 0 atom stereocenters. The Hall–Kier alpha value is -1.44. The monoisotopic (exact) mass is 353 g/mol. The van der Waals surface area contributed by atoms with E-state index in [1.165, 1.54) is 5.56 Å². The van der Waals surface area contributed by atoms with Crippen LogP contribution in [-0.4, -0.2) is 34.0 Å². The van der Waals surface area contributed by atoms with Gasteiger partial charge in [-0.05, 0) is 68.3 Å². The second-order valence-corrected chi connectivity index (χ2v) is 7.90. The number of fused-ring (bicyclic) bond motifs is 1. The van der Waals surface area contributed by atoms with Gasteiger partial charge in [-0.2, -0.15) is 0 Å². The van der Waals surface area contributed by atoms with Gasteiger partial charge in [-0.15, -0.1) is 0 Å². The highest BCUT2D eigenvalue weighted by atomic mass is 32.2. The number of benzene rings is 1. The standard InChI is InChI=1S/C17H27N3O3S/c18-10-3-4-11-19-17(21)9-12-20-24(22,23)16-8-7-14-5-1-2-6-15(14)13-16/h7-8,13,20H,1-6,9-12,18H2,(H,19,21). The van der Waals surface area contributed by atoms with Crippen molar-refractivity contribution in [1.82, 2.24) is 10.0 Å². The van der Waals surface area contributed by atoms with Crippen molar-refractivity contribution in [3.05, 3.63) is 29.3 Å². The number of nitrogens with one attached hydrogen (secondary N) is 2. The lowest BCUT2D eigenvalue weighted by Crippen LogP contribution is -2.31. The van der Waals surface area contributed by atoms with Crippen LogP contribution in [0.3, 0.4) is 0 Å². The van der Waals surface area contributed by atoms with Gasteiger partial charge in [0.15, 0.2) is 0 Å². The molecule has 0 fully saturated rings. The van der Waals surface area contributed by atoms with E-state index in [1.54, 1.807) is 12.1 Å². The fraction of sp³-hybridized carbons (Fsp3) is 0.588. The Balaban J connectivity index is 1.82. The third-order valence-electron chi connectivity index (χ3n) is 4.23. The van der Waals surface area contributed by atoms with Gasteiger partial charge in [0, 0.05) is 19.5 Å². The number of unbranched alkanes of at least 4 members (excludes halogenated alkanes) is 1. The van der Waals surface area contributed by atoms with E-state index in [-0.39, 0.29) is 23.8 Å². The average Bonchev–Trinajstić information content (AvgIpc) is 2.58. The van der Waals surface area contributed by atoms with E-state index in [0.29, 0.717) is 13.1 Å². The largest absolute Gasteiger partial charge is 0.356 e. The number of carbonyl (C=O) groups excluding carboxylic acids is 1. The van der Waals surface area contributed by atoms with E-state index in [1.807, 2.05) is 6.07 Å². The molecule has 2 rings (SSSR count). The number of aryl methyl sites for hydroxylation is 2. The maximum Gasteiger partial charge on any atom is 0.240 e. The Kier molecular flexibility index (Phi) is 7.20. The smallest absolute Gasteiger partial charge is 0.240 e. The minimum Gasteiger partial charge on any atom is -0.356 e. The molecule has 1 amide bonds. The first-order valence-corrected chi connectivity index (χ1v) is 10.1. The fourth-order valence-electron chi connectivity index (χ4n) is 2.84. The summed E-state index contributed by atoms with van der Waals surface area (Å²) in [4.78, 5) is 11.9. The Bertz CT molecular complexity index is 659. The van der Waals surface area contributed by atoms with Crippen LogP contribution in [0, 0.1) is 0 Å². The van der Waals surface area contributed by atoms with Crippen LogP contribution in [0.5, 0.6) is 0 Å². The quantitative estimate of drug-likeness (QED) is 0.578. The fourth-order valence-corrected chi connectivity index (χ4v) is 3.93. The van der Waals surface area contributed by atoms with Crippen molar-refractivity contribution in [2.75, 3.05) is 19.6 Å². The molecule has 0 heterocycles. The van der Waals surface area contributed by atoms with Gasteiger partial charge in [0.25, 0.3) is 0 Å². The zero-order chi connectivity index (χ0) is 17.4. The van der Waals surface area contributed by atoms with Crippen LogP contribution >= 0.6 is 0 Å². The van der Waals surface area contributed by atoms with Gasteiger partial charge in [-0.1, -0.05) is 6.07 Å². The number of sulfonamides is 1. The summed E-state index contributed by atoms with van der Waals surface area (Å²) < 4.78 is 27.2. The summed E-state index contributed by atoms with van der Waals surface area (Å²) in [7, 11) is -3.57. The average molecular weight is 353 g/mol. The molecule has 0 aromatic heterocycles. The number of nitrogens with two attached hydrogens (primary N) is 1. The highest BCUT2D eigenvalue weighted by Crippen LogP contribution is 2.23. The molecule has 7 heteroatoms. The number of hydrogen-bond acceptors (Lipinski definition) is 4. The van der Waals surface area contributed by atoms with Crippen molar-refractivity contribution in [1.29, 1.82) is 0 Å². The summed E-state index contributed by atoms with van der Waals surface area (Å²) in [6.45, 7) is 1.28. The lowest BCUT2D eigenvalue weighted by Gasteiger charge is -2.16. The van der Waals surface area contributed by atoms with Crippen molar-refractivity contribution in [3.8, 4) is 0 Å². The summed E-state index contributed by atoms with van der Waals surface area (Å²) in [5, 5.41) is 2.76. The summed E-state index contributed by atoms with van der Waals surface area (Å²) in [6, 6.07) is 5.33. The zero-order valence-corrected chi connectivity index (χ0v) is 14.8. The molecule has 1 aliphatic rings. The molecule has 6 nitrogen and oxygen atoms in total. The molecule has 0 saturated carbocycles. The predicted octanol–water partition coefficient (Wildman–Crippen LogP) is 1.09. The minimum atomic E-state index is -3.57. The molecule has 0 saturated heterocycles. The van der Waals surface area contributed by atoms with Crippen molar-refractivity contribution in [3.63, 3.8) is 0 Å². The molecule has 1 aliphatic carbocycles. The van der Waals surface area contributed by atoms with Crippen LogP contribution in [0.25, 0.3) is 0 Å². The van der Waals surface area contributed by atoms with Gasteiger partial charge in [0.2, 0.25) is 15.9 Å². The van der Waals surface area contributed by atoms with E-state index < -0.39 is 10.0 Å². The first-order valence-electron chi connectivity index (χ1n) is 8.61. The molecule has 0 aliphatic heterocycles. The predicted molar refractivity (Wildman–Crippen MR) is 94.2 cm³/mol. The molecule has 1 aromatic rings. The second kappa shape index (κ2) is 9.15. The topological polar surface area (TPSA) is 101 Å². The minimum absolute atomic E-state index is 0.0993. The molecule has 24 heavy (non-hydrogen) atoms. The maximum atomic E-state index is 12.3. The first-order chi connectivity index (χ1) is 11.5. The van der Waals surface area contributed by atoms with Gasteiger partial charge >= 0.3 is 0 Å². The summed E-state index contributed by atoms with van der Waals surface area (Å²) in [5.74, 6) is -0.153. The first kappa shape index (κ1) is 18.9. The van der Waals surface area contributed by atoms with Gasteiger partial charge in [0.1, 0.15) is 0 Å². The molecule has 1 aromatic carbocycles. The molecule has 0 unspecified atom stereocenters. The molecule has 0 radical (unpaired) electrons.